The van der Waals surface area contributed by atoms with Gasteiger partial charge in [-0.25, -0.2) is 0 Å². The summed E-state index contributed by atoms with van der Waals surface area (Å²) in [6.07, 6.45) is 3.27. The fraction of sp³-hybridized carbons (Fsp3) is 0.571. The highest BCUT2D eigenvalue weighted by molar-refractivity contribution is 7.98. The van der Waals surface area contributed by atoms with Crippen LogP contribution in [0.2, 0.25) is 0 Å². The second-order valence-corrected chi connectivity index (χ2v) is 5.52. The molecule has 0 bridgehead atoms. The summed E-state index contributed by atoms with van der Waals surface area (Å²) in [5, 5.41) is 3.62. The molecule has 1 aromatic rings. The fourth-order valence-electron chi connectivity index (χ4n) is 1.92. The van der Waals surface area contributed by atoms with E-state index in [-0.39, 0.29) is 0 Å². The molecule has 1 rings (SSSR count). The van der Waals surface area contributed by atoms with Gasteiger partial charge in [0.1, 0.15) is 0 Å². The number of benzene rings is 1. The largest absolute Gasteiger partial charge is 0.311 e. The number of hydrogen-bond acceptors (Lipinski definition) is 2. The van der Waals surface area contributed by atoms with E-state index < -0.39 is 0 Å². The Labute approximate surface area is 104 Å². The quantitative estimate of drug-likeness (QED) is 0.815. The van der Waals surface area contributed by atoms with Crippen LogP contribution < -0.4 is 5.32 Å². The molecule has 0 fully saturated rings. The molecule has 0 aliphatic rings. The lowest BCUT2D eigenvalue weighted by atomic mass is 10.1. The Morgan fingerprint density at radius 1 is 1.12 bits per heavy atom. The van der Waals surface area contributed by atoms with Crippen LogP contribution in [0.5, 0.6) is 0 Å². The van der Waals surface area contributed by atoms with E-state index in [1.807, 2.05) is 11.8 Å². The van der Waals surface area contributed by atoms with Crippen LogP contribution in [0.1, 0.15) is 25.0 Å². The van der Waals surface area contributed by atoms with Gasteiger partial charge in [0, 0.05) is 17.8 Å². The van der Waals surface area contributed by atoms with E-state index in [2.05, 4.69) is 56.6 Å². The summed E-state index contributed by atoms with van der Waals surface area (Å²) in [7, 11) is 0. The number of rotatable bonds is 6. The summed E-state index contributed by atoms with van der Waals surface area (Å²) in [5.41, 5.74) is 2.75. The lowest BCUT2D eigenvalue weighted by Crippen LogP contribution is -2.37. The molecule has 1 nitrogen and oxygen atoms in total. The van der Waals surface area contributed by atoms with Crippen molar-refractivity contribution in [2.75, 3.05) is 12.0 Å². The van der Waals surface area contributed by atoms with Crippen LogP contribution >= 0.6 is 11.8 Å². The van der Waals surface area contributed by atoms with Crippen LogP contribution in [0.3, 0.4) is 0 Å². The lowest BCUT2D eigenvalue weighted by molar-refractivity contribution is 0.492. The molecule has 2 unspecified atom stereocenters. The molecule has 0 heterocycles. The maximum Gasteiger partial charge on any atom is 0.0132 e. The van der Waals surface area contributed by atoms with Gasteiger partial charge in [0.05, 0.1) is 0 Å². The van der Waals surface area contributed by atoms with Gasteiger partial charge in [-0.05, 0) is 39.0 Å². The van der Waals surface area contributed by atoms with Crippen LogP contribution in [0.4, 0.5) is 0 Å². The predicted octanol–water partition coefficient (Wildman–Crippen LogP) is 3.27. The molecular formula is C14H23NS. The molecule has 2 heteroatoms. The lowest BCUT2D eigenvalue weighted by Gasteiger charge is -2.19. The minimum atomic E-state index is 0.546. The van der Waals surface area contributed by atoms with Crippen LogP contribution in [0.15, 0.2) is 24.3 Å². The van der Waals surface area contributed by atoms with E-state index in [0.717, 1.165) is 6.42 Å². The first kappa shape index (κ1) is 13.6. The standard InChI is InChI=1S/C14H23NS/c1-11-5-7-14(8-6-11)9-12(2)15-13(3)10-16-4/h5-8,12-13,15H,9-10H2,1-4H3. The second kappa shape index (κ2) is 6.97. The Morgan fingerprint density at radius 2 is 1.75 bits per heavy atom. The van der Waals surface area contributed by atoms with Gasteiger partial charge in [-0.1, -0.05) is 29.8 Å². The maximum absolute atomic E-state index is 3.62. The van der Waals surface area contributed by atoms with Crippen molar-refractivity contribution in [2.45, 2.75) is 39.3 Å². The molecular weight excluding hydrogens is 214 g/mol. The first-order chi connectivity index (χ1) is 7.61. The molecule has 1 N–H and O–H groups in total. The summed E-state index contributed by atoms with van der Waals surface area (Å²) in [6, 6.07) is 9.97. The normalized spacial score (nSPS) is 14.8. The monoisotopic (exact) mass is 237 g/mol. The van der Waals surface area contributed by atoms with Crippen LogP contribution in [0, 0.1) is 6.92 Å². The third kappa shape index (κ3) is 5.04. The number of nitrogens with one attached hydrogen (secondary N) is 1. The molecule has 0 spiro atoms. The molecule has 16 heavy (non-hydrogen) atoms. The molecule has 2 atom stereocenters. The Kier molecular flexibility index (Phi) is 5.93. The van der Waals surface area contributed by atoms with Crippen molar-refractivity contribution in [3.8, 4) is 0 Å². The van der Waals surface area contributed by atoms with Gasteiger partial charge in [0.2, 0.25) is 0 Å². The van der Waals surface area contributed by atoms with Gasteiger partial charge < -0.3 is 5.32 Å². The van der Waals surface area contributed by atoms with Gasteiger partial charge in [-0.15, -0.1) is 0 Å². The van der Waals surface area contributed by atoms with Crippen LogP contribution in [0.25, 0.3) is 0 Å². The van der Waals surface area contributed by atoms with Crippen molar-refractivity contribution in [3.63, 3.8) is 0 Å². The smallest absolute Gasteiger partial charge is 0.0132 e. The topological polar surface area (TPSA) is 12.0 Å². The zero-order valence-corrected chi connectivity index (χ0v) is 11.6. The first-order valence-corrected chi connectivity index (χ1v) is 7.31. The average molecular weight is 237 g/mol. The molecule has 0 saturated carbocycles. The van der Waals surface area contributed by atoms with Gasteiger partial charge in [-0.2, -0.15) is 11.8 Å². The highest BCUT2D eigenvalue weighted by Gasteiger charge is 2.07. The number of aryl methyl sites for hydroxylation is 1. The third-order valence-electron chi connectivity index (χ3n) is 2.65. The van der Waals surface area contributed by atoms with E-state index in [4.69, 9.17) is 0 Å². The SMILES string of the molecule is CSCC(C)NC(C)Cc1ccc(C)cc1. The molecule has 0 radical (unpaired) electrons. The summed E-state index contributed by atoms with van der Waals surface area (Å²) in [5.74, 6) is 1.18. The summed E-state index contributed by atoms with van der Waals surface area (Å²) >= 11 is 1.90. The molecule has 0 aromatic heterocycles. The van der Waals surface area contributed by atoms with E-state index in [1.54, 1.807) is 0 Å². The van der Waals surface area contributed by atoms with Gasteiger partial charge >= 0.3 is 0 Å². The first-order valence-electron chi connectivity index (χ1n) is 5.92. The zero-order chi connectivity index (χ0) is 12.0. The summed E-state index contributed by atoms with van der Waals surface area (Å²) in [6.45, 7) is 6.64. The van der Waals surface area contributed by atoms with Gasteiger partial charge in [0.25, 0.3) is 0 Å². The molecule has 0 saturated heterocycles. The summed E-state index contributed by atoms with van der Waals surface area (Å²) in [4.78, 5) is 0. The Hall–Kier alpha value is -0.470. The highest BCUT2D eigenvalue weighted by Crippen LogP contribution is 2.07. The third-order valence-corrected chi connectivity index (χ3v) is 3.48. The van der Waals surface area contributed by atoms with Crippen molar-refractivity contribution in [1.82, 2.24) is 5.32 Å². The predicted molar refractivity (Wildman–Crippen MR) is 75.3 cm³/mol. The molecule has 0 aliphatic carbocycles. The minimum absolute atomic E-state index is 0.546. The second-order valence-electron chi connectivity index (χ2n) is 4.61. The van der Waals surface area contributed by atoms with Crippen molar-refractivity contribution < 1.29 is 0 Å². The van der Waals surface area contributed by atoms with Gasteiger partial charge in [0.15, 0.2) is 0 Å². The Bertz CT molecular complexity index is 294. The number of thioether (sulfide) groups is 1. The fourth-order valence-corrected chi connectivity index (χ4v) is 2.52. The van der Waals surface area contributed by atoms with E-state index >= 15 is 0 Å². The van der Waals surface area contributed by atoms with Crippen molar-refractivity contribution in [2.24, 2.45) is 0 Å². The molecule has 1 aromatic carbocycles. The van der Waals surface area contributed by atoms with Crippen LogP contribution in [-0.4, -0.2) is 24.1 Å². The zero-order valence-electron chi connectivity index (χ0n) is 10.8. The molecule has 0 aliphatic heterocycles. The Balaban J connectivity index is 2.39. The minimum Gasteiger partial charge on any atom is -0.311 e. The van der Waals surface area contributed by atoms with Crippen molar-refractivity contribution in [3.05, 3.63) is 35.4 Å². The average Bonchev–Trinajstić information content (AvgIpc) is 2.21. The van der Waals surface area contributed by atoms with E-state index in [9.17, 15) is 0 Å². The van der Waals surface area contributed by atoms with Crippen LogP contribution in [-0.2, 0) is 6.42 Å². The molecule has 0 amide bonds. The van der Waals surface area contributed by atoms with Crippen molar-refractivity contribution >= 4 is 11.8 Å². The number of hydrogen-bond donors (Lipinski definition) is 1. The van der Waals surface area contributed by atoms with Crippen molar-refractivity contribution in [1.29, 1.82) is 0 Å². The maximum atomic E-state index is 3.62. The van der Waals surface area contributed by atoms with E-state index in [0.29, 0.717) is 12.1 Å². The van der Waals surface area contributed by atoms with E-state index in [1.165, 1.54) is 16.9 Å². The highest BCUT2D eigenvalue weighted by atomic mass is 32.2. The summed E-state index contributed by atoms with van der Waals surface area (Å²) < 4.78 is 0. The molecule has 90 valence electrons. The van der Waals surface area contributed by atoms with Gasteiger partial charge in [-0.3, -0.25) is 0 Å². The Morgan fingerprint density at radius 3 is 2.31 bits per heavy atom.